The molecule has 0 fully saturated rings. The second-order valence-electron chi connectivity index (χ2n) is 8.51. The van der Waals surface area contributed by atoms with E-state index in [0.717, 1.165) is 0 Å². The highest BCUT2D eigenvalue weighted by atomic mass is 15.3. The molecule has 0 radical (unpaired) electrons. The van der Waals surface area contributed by atoms with Crippen LogP contribution in [-0.2, 0) is 0 Å². The van der Waals surface area contributed by atoms with Crippen LogP contribution >= 0.6 is 0 Å². The fourth-order valence-electron chi connectivity index (χ4n) is 3.87. The van der Waals surface area contributed by atoms with Gasteiger partial charge < -0.3 is 19.4 Å². The molecule has 1 aliphatic heterocycles. The maximum atomic E-state index is 2.37. The zero-order valence-corrected chi connectivity index (χ0v) is 19.0. The Labute approximate surface area is 176 Å². The van der Waals surface area contributed by atoms with Crippen molar-refractivity contribution < 1.29 is 4.49 Å². The summed E-state index contributed by atoms with van der Waals surface area (Å²) in [7, 11) is 16.9. The predicted octanol–water partition coefficient (Wildman–Crippen LogP) is 2.19. The second kappa shape index (κ2) is 8.51. The molecule has 0 saturated heterocycles. The van der Waals surface area contributed by atoms with Gasteiger partial charge in [-0.2, -0.15) is 0 Å². The molecule has 0 saturated carbocycles. The molecule has 1 aliphatic rings. The Kier molecular flexibility index (Phi) is 6.24. The molecule has 0 spiro atoms. The first-order chi connectivity index (χ1) is 13.7. The standard InChI is InChI=1S/C21H33B2N6/c1-24(2)18-9-13-20(14-10-18)28-17-29(23(27(7)8)22(28)26(5)6)21-15-11-19(12-16-21)25(3)4/h9-17H,1-8H3/q+1. The average Bonchev–Trinajstić information content (AvgIpc) is 3.09. The Morgan fingerprint density at radius 1 is 0.655 bits per heavy atom. The van der Waals surface area contributed by atoms with Crippen molar-refractivity contribution in [2.45, 2.75) is 0 Å². The van der Waals surface area contributed by atoms with E-state index in [4.69, 9.17) is 0 Å². The molecule has 29 heavy (non-hydrogen) atoms. The Morgan fingerprint density at radius 2 is 1.14 bits per heavy atom. The van der Waals surface area contributed by atoms with Crippen molar-refractivity contribution in [3.63, 3.8) is 0 Å². The van der Waals surface area contributed by atoms with E-state index in [1.54, 1.807) is 0 Å². The highest BCUT2D eigenvalue weighted by molar-refractivity contribution is 7.20. The fourth-order valence-corrected chi connectivity index (χ4v) is 3.87. The van der Waals surface area contributed by atoms with Crippen molar-refractivity contribution in [2.24, 2.45) is 0 Å². The first kappa shape index (κ1) is 21.3. The number of hydrogen-bond acceptors (Lipinski definition) is 5. The summed E-state index contributed by atoms with van der Waals surface area (Å²) in [4.78, 5) is 11.2. The van der Waals surface area contributed by atoms with Gasteiger partial charge in [-0.1, -0.05) is 0 Å². The summed E-state index contributed by atoms with van der Waals surface area (Å²) in [6, 6.07) is 17.5. The lowest BCUT2D eigenvalue weighted by Gasteiger charge is -2.24. The largest absolute Gasteiger partial charge is 0.506 e. The first-order valence-corrected chi connectivity index (χ1v) is 10.00. The lowest BCUT2D eigenvalue weighted by molar-refractivity contribution is -0.283. The van der Waals surface area contributed by atoms with Gasteiger partial charge in [-0.15, -0.1) is 0 Å². The van der Waals surface area contributed by atoms with E-state index in [9.17, 15) is 0 Å². The van der Waals surface area contributed by atoms with Crippen molar-refractivity contribution in [1.82, 2.24) is 9.62 Å². The van der Waals surface area contributed by atoms with Crippen LogP contribution in [0.25, 0.3) is 0 Å². The predicted molar refractivity (Wildman–Crippen MR) is 129 cm³/mol. The summed E-state index contributed by atoms with van der Waals surface area (Å²) in [6.45, 7) is 0.368. The molecule has 6 nitrogen and oxygen atoms in total. The summed E-state index contributed by atoms with van der Waals surface area (Å²) >= 11 is 0. The maximum Gasteiger partial charge on any atom is 0.506 e. The topological polar surface area (TPSA) is 19.2 Å². The van der Waals surface area contributed by atoms with Crippen LogP contribution in [0.3, 0.4) is 0 Å². The second-order valence-corrected chi connectivity index (χ2v) is 8.51. The zero-order valence-electron chi connectivity index (χ0n) is 19.0. The Morgan fingerprint density at radius 3 is 1.55 bits per heavy atom. The van der Waals surface area contributed by atoms with Gasteiger partial charge in [0.05, 0.1) is 0 Å². The summed E-state index contributed by atoms with van der Waals surface area (Å²) in [6.07, 6.45) is 2.24. The molecule has 1 heterocycles. The summed E-state index contributed by atoms with van der Waals surface area (Å²) in [5.41, 5.74) is 4.78. The Bertz CT molecular complexity index is 846. The lowest BCUT2D eigenvalue weighted by atomic mass is 9.32. The SMILES string of the molecule is CN(C)B1B(N(C)C)[N+](c2ccc(N(C)C)cc2)=CN1c1ccc(N(C)C)cc1. The molecule has 3 rings (SSSR count). The quantitative estimate of drug-likeness (QED) is 0.702. The third-order valence-electron chi connectivity index (χ3n) is 5.47. The average molecular weight is 391 g/mol. The van der Waals surface area contributed by atoms with E-state index < -0.39 is 0 Å². The van der Waals surface area contributed by atoms with Crippen molar-refractivity contribution >= 4 is 42.8 Å². The Balaban J connectivity index is 2.04. The molecular formula is C21H33B2N6+. The minimum atomic E-state index is 0.184. The van der Waals surface area contributed by atoms with E-state index in [-0.39, 0.29) is 13.7 Å². The van der Waals surface area contributed by atoms with Gasteiger partial charge in [0, 0.05) is 39.6 Å². The van der Waals surface area contributed by atoms with Crippen LogP contribution in [-0.4, -0.2) is 90.6 Å². The van der Waals surface area contributed by atoms with Crippen molar-refractivity contribution in [2.75, 3.05) is 71.0 Å². The van der Waals surface area contributed by atoms with Crippen LogP contribution in [0.2, 0.25) is 0 Å². The van der Waals surface area contributed by atoms with Gasteiger partial charge in [0.25, 0.3) is 0 Å². The van der Waals surface area contributed by atoms with Gasteiger partial charge >= 0.3 is 13.7 Å². The minimum Gasteiger partial charge on any atom is -0.378 e. The molecule has 0 N–H and O–H groups in total. The third kappa shape index (κ3) is 4.28. The summed E-state index contributed by atoms with van der Waals surface area (Å²) in [5.74, 6) is 0. The van der Waals surface area contributed by atoms with Gasteiger partial charge in [0.2, 0.25) is 6.34 Å². The maximum absolute atomic E-state index is 2.37. The van der Waals surface area contributed by atoms with E-state index in [0.29, 0.717) is 0 Å². The zero-order chi connectivity index (χ0) is 21.3. The van der Waals surface area contributed by atoms with Crippen molar-refractivity contribution in [3.05, 3.63) is 48.5 Å². The van der Waals surface area contributed by atoms with E-state index in [1.807, 2.05) is 0 Å². The fraction of sp³-hybridized carbons (Fsp3) is 0.381. The summed E-state index contributed by atoms with van der Waals surface area (Å²) in [5, 5.41) is 0. The highest BCUT2D eigenvalue weighted by Crippen LogP contribution is 2.27. The van der Waals surface area contributed by atoms with Crippen LogP contribution in [0.4, 0.5) is 22.7 Å². The minimum absolute atomic E-state index is 0.184. The first-order valence-electron chi connectivity index (χ1n) is 10.00. The molecule has 0 aromatic heterocycles. The number of nitrogens with zero attached hydrogens (tertiary/aromatic N) is 6. The molecule has 0 bridgehead atoms. The van der Waals surface area contributed by atoms with E-state index >= 15 is 0 Å². The Hall–Kier alpha value is -2.44. The van der Waals surface area contributed by atoms with Crippen LogP contribution in [0.15, 0.2) is 48.5 Å². The molecular weight excluding hydrogens is 358 g/mol. The molecule has 0 aliphatic carbocycles. The monoisotopic (exact) mass is 391 g/mol. The van der Waals surface area contributed by atoms with Crippen LogP contribution in [0, 0.1) is 0 Å². The van der Waals surface area contributed by atoms with E-state index in [2.05, 4.69) is 140 Å². The number of hydrogen-bond donors (Lipinski definition) is 0. The van der Waals surface area contributed by atoms with E-state index in [1.165, 1.54) is 22.7 Å². The number of benzene rings is 2. The highest BCUT2D eigenvalue weighted by Gasteiger charge is 2.58. The van der Waals surface area contributed by atoms with Gasteiger partial charge in [0.1, 0.15) is 11.4 Å². The number of anilines is 3. The van der Waals surface area contributed by atoms with Crippen LogP contribution < -0.4 is 14.6 Å². The number of rotatable bonds is 6. The summed E-state index contributed by atoms with van der Waals surface area (Å²) < 4.78 is 2.37. The molecule has 0 unspecified atom stereocenters. The molecule has 0 amide bonds. The smallest absolute Gasteiger partial charge is 0.378 e. The van der Waals surface area contributed by atoms with Gasteiger partial charge in [-0.05, 0) is 76.7 Å². The molecule has 8 heteroatoms. The lowest BCUT2D eigenvalue weighted by Crippen LogP contribution is -2.62. The van der Waals surface area contributed by atoms with Crippen LogP contribution in [0.5, 0.6) is 0 Å². The van der Waals surface area contributed by atoms with Gasteiger partial charge in [-0.25, -0.2) is 0 Å². The molecule has 2 aromatic carbocycles. The third-order valence-corrected chi connectivity index (χ3v) is 5.47. The van der Waals surface area contributed by atoms with Gasteiger partial charge in [0.15, 0.2) is 0 Å². The van der Waals surface area contributed by atoms with Crippen molar-refractivity contribution in [1.29, 1.82) is 0 Å². The molecule has 2 aromatic rings. The molecule has 152 valence electrons. The van der Waals surface area contributed by atoms with Crippen molar-refractivity contribution in [3.8, 4) is 0 Å². The molecule has 0 atom stereocenters. The normalized spacial score (nSPS) is 14.1. The van der Waals surface area contributed by atoms with Gasteiger partial charge in [-0.3, -0.25) is 9.30 Å². The van der Waals surface area contributed by atoms with Crippen LogP contribution in [0.1, 0.15) is 0 Å².